The molecule has 1 aromatic carbocycles. The molecule has 1 aliphatic heterocycles. The van der Waals surface area contributed by atoms with Crippen LogP contribution in [0.2, 0.25) is 0 Å². The van der Waals surface area contributed by atoms with Crippen LogP contribution >= 0.6 is 0 Å². The van der Waals surface area contributed by atoms with Crippen molar-refractivity contribution in [3.8, 4) is 5.75 Å². The first kappa shape index (κ1) is 19.5. The number of carbonyl (C=O) groups excluding carboxylic acids is 1. The maximum atomic E-state index is 11.3. The van der Waals surface area contributed by atoms with Crippen molar-refractivity contribution < 1.29 is 18.8 Å². The van der Waals surface area contributed by atoms with Crippen molar-refractivity contribution in [3.05, 3.63) is 35.3 Å². The van der Waals surface area contributed by atoms with E-state index in [1.165, 1.54) is 0 Å². The molecule has 0 radical (unpaired) electrons. The third kappa shape index (κ3) is 4.41. The van der Waals surface area contributed by atoms with Gasteiger partial charge in [0.1, 0.15) is 5.75 Å². The molecule has 1 aliphatic rings. The first-order valence-electron chi connectivity index (χ1n) is 8.17. The van der Waals surface area contributed by atoms with Gasteiger partial charge in [0, 0.05) is 12.1 Å². The molecule has 1 saturated heterocycles. The van der Waals surface area contributed by atoms with Crippen molar-refractivity contribution in [1.29, 1.82) is 0 Å². The van der Waals surface area contributed by atoms with Crippen molar-refractivity contribution in [2.75, 3.05) is 13.2 Å². The van der Waals surface area contributed by atoms with Crippen LogP contribution in [0.4, 0.5) is 0 Å². The van der Waals surface area contributed by atoms with Gasteiger partial charge in [-0.05, 0) is 39.2 Å². The van der Waals surface area contributed by atoms with Crippen LogP contribution < -0.4 is 21.7 Å². The van der Waals surface area contributed by atoms with Crippen LogP contribution in [0.25, 0.3) is 6.08 Å². The molecular formula is C17H26BN3O4. The molecule has 2 rings (SSSR count). The molecule has 0 aliphatic carbocycles. The predicted molar refractivity (Wildman–Crippen MR) is 97.4 cm³/mol. The van der Waals surface area contributed by atoms with Gasteiger partial charge < -0.3 is 19.8 Å². The first-order chi connectivity index (χ1) is 11.7. The standard InChI is InChI=1S/C17H26BN3O4/c1-16(2)17(3,4)25-18(24-16)13(10-19)9-12-7-5-6-8-14(12)23-11-15(22)21-20/h5-9H,10-11,19-20H2,1-4H3,(H,21,22). The van der Waals surface area contributed by atoms with Crippen LogP contribution in [0.15, 0.2) is 29.7 Å². The summed E-state index contributed by atoms with van der Waals surface area (Å²) in [6.45, 7) is 8.06. The van der Waals surface area contributed by atoms with Crippen LogP contribution in [0.3, 0.4) is 0 Å². The van der Waals surface area contributed by atoms with Gasteiger partial charge in [-0.2, -0.15) is 0 Å². The Kier molecular flexibility index (Phi) is 5.89. The van der Waals surface area contributed by atoms with E-state index >= 15 is 0 Å². The lowest BCUT2D eigenvalue weighted by Crippen LogP contribution is -2.41. The highest BCUT2D eigenvalue weighted by molar-refractivity contribution is 6.55. The van der Waals surface area contributed by atoms with E-state index in [1.54, 1.807) is 6.07 Å². The number of hydrogen-bond donors (Lipinski definition) is 3. The minimum Gasteiger partial charge on any atom is -0.483 e. The summed E-state index contributed by atoms with van der Waals surface area (Å²) in [5, 5.41) is 0. The monoisotopic (exact) mass is 347 g/mol. The fraction of sp³-hybridized carbons (Fsp3) is 0.471. The van der Waals surface area contributed by atoms with Crippen LogP contribution in [-0.2, 0) is 14.1 Å². The number of para-hydroxylation sites is 1. The summed E-state index contributed by atoms with van der Waals surface area (Å²) in [5.74, 6) is 5.21. The number of benzene rings is 1. The zero-order chi connectivity index (χ0) is 18.7. The highest BCUT2D eigenvalue weighted by atomic mass is 16.7. The molecule has 136 valence electrons. The average molecular weight is 347 g/mol. The van der Waals surface area contributed by atoms with Crippen LogP contribution in [-0.4, -0.2) is 37.4 Å². The minimum absolute atomic E-state index is 0.171. The largest absolute Gasteiger partial charge is 0.491 e. The van der Waals surface area contributed by atoms with E-state index in [0.29, 0.717) is 5.75 Å². The van der Waals surface area contributed by atoms with Crippen LogP contribution in [0, 0.1) is 0 Å². The van der Waals surface area contributed by atoms with E-state index in [1.807, 2.05) is 57.4 Å². The molecule has 1 heterocycles. The number of nitrogens with two attached hydrogens (primary N) is 2. The summed E-state index contributed by atoms with van der Waals surface area (Å²) >= 11 is 0. The van der Waals surface area contributed by atoms with Gasteiger partial charge >= 0.3 is 7.12 Å². The number of hydrogen-bond acceptors (Lipinski definition) is 6. The second kappa shape index (κ2) is 7.57. The normalized spacial score (nSPS) is 19.0. The van der Waals surface area contributed by atoms with E-state index < -0.39 is 24.2 Å². The average Bonchev–Trinajstić information content (AvgIpc) is 2.78. The number of amides is 1. The minimum atomic E-state index is -0.532. The van der Waals surface area contributed by atoms with Crippen LogP contribution in [0.5, 0.6) is 5.75 Å². The molecule has 0 unspecified atom stereocenters. The van der Waals surface area contributed by atoms with Gasteiger partial charge in [-0.3, -0.25) is 10.2 Å². The number of rotatable bonds is 6. The fourth-order valence-electron chi connectivity index (χ4n) is 2.33. The third-order valence-electron chi connectivity index (χ3n) is 4.57. The summed E-state index contributed by atoms with van der Waals surface area (Å²) in [6, 6.07) is 7.34. The molecule has 25 heavy (non-hydrogen) atoms. The third-order valence-corrected chi connectivity index (χ3v) is 4.57. The molecule has 0 bridgehead atoms. The Morgan fingerprint density at radius 2 is 1.84 bits per heavy atom. The molecule has 7 nitrogen and oxygen atoms in total. The Morgan fingerprint density at radius 1 is 1.24 bits per heavy atom. The summed E-state index contributed by atoms with van der Waals surface area (Å²) in [4.78, 5) is 11.3. The smallest absolute Gasteiger partial charge is 0.483 e. The maximum absolute atomic E-state index is 11.3. The Labute approximate surface area is 148 Å². The van der Waals surface area contributed by atoms with E-state index in [2.05, 4.69) is 0 Å². The zero-order valence-electron chi connectivity index (χ0n) is 15.2. The molecule has 1 aromatic rings. The summed E-state index contributed by atoms with van der Waals surface area (Å²) in [7, 11) is -0.532. The first-order valence-corrected chi connectivity index (χ1v) is 8.17. The van der Waals surface area contributed by atoms with E-state index in [9.17, 15) is 4.79 Å². The number of carbonyl (C=O) groups is 1. The SMILES string of the molecule is CC1(C)OB(C(=Cc2ccccc2OCC(=O)NN)CN)OC1(C)C. The van der Waals surface area contributed by atoms with Gasteiger partial charge in [-0.1, -0.05) is 24.3 Å². The van der Waals surface area contributed by atoms with Gasteiger partial charge in [-0.25, -0.2) is 5.84 Å². The number of hydrazine groups is 1. The molecule has 1 fully saturated rings. The molecule has 0 aromatic heterocycles. The van der Waals surface area contributed by atoms with Gasteiger partial charge in [0.25, 0.3) is 5.91 Å². The van der Waals surface area contributed by atoms with Crippen LogP contribution in [0.1, 0.15) is 33.3 Å². The molecule has 8 heteroatoms. The molecule has 1 amide bonds. The van der Waals surface area contributed by atoms with Gasteiger partial charge in [-0.15, -0.1) is 0 Å². The number of ether oxygens (including phenoxy) is 1. The highest BCUT2D eigenvalue weighted by Crippen LogP contribution is 2.38. The second-order valence-electron chi connectivity index (χ2n) is 6.91. The van der Waals surface area contributed by atoms with Crippen molar-refractivity contribution in [2.45, 2.75) is 38.9 Å². The summed E-state index contributed by atoms with van der Waals surface area (Å²) in [5.41, 5.74) is 8.63. The highest BCUT2D eigenvalue weighted by Gasteiger charge is 2.52. The number of nitrogens with one attached hydrogen (secondary N) is 1. The fourth-order valence-corrected chi connectivity index (χ4v) is 2.33. The zero-order valence-corrected chi connectivity index (χ0v) is 15.2. The quantitative estimate of drug-likeness (QED) is 0.307. The molecule has 0 spiro atoms. The summed E-state index contributed by atoms with van der Waals surface area (Å²) < 4.78 is 17.6. The Morgan fingerprint density at radius 3 is 2.40 bits per heavy atom. The second-order valence-corrected chi connectivity index (χ2v) is 6.91. The van der Waals surface area contributed by atoms with Gasteiger partial charge in [0.2, 0.25) is 0 Å². The molecule has 5 N–H and O–H groups in total. The van der Waals surface area contributed by atoms with E-state index in [4.69, 9.17) is 25.6 Å². The van der Waals surface area contributed by atoms with Crippen molar-refractivity contribution >= 4 is 19.1 Å². The lowest BCUT2D eigenvalue weighted by atomic mass is 9.77. The lowest BCUT2D eigenvalue weighted by Gasteiger charge is -2.32. The Hall–Kier alpha value is -1.87. The topological polar surface area (TPSA) is 109 Å². The van der Waals surface area contributed by atoms with E-state index in [-0.39, 0.29) is 13.2 Å². The maximum Gasteiger partial charge on any atom is 0.491 e. The van der Waals surface area contributed by atoms with E-state index in [0.717, 1.165) is 11.0 Å². The Bertz CT molecular complexity index is 645. The molecular weight excluding hydrogens is 321 g/mol. The van der Waals surface area contributed by atoms with Crippen molar-refractivity contribution in [1.82, 2.24) is 5.43 Å². The van der Waals surface area contributed by atoms with Gasteiger partial charge in [0.05, 0.1) is 11.2 Å². The van der Waals surface area contributed by atoms with Crippen molar-refractivity contribution in [3.63, 3.8) is 0 Å². The Balaban J connectivity index is 2.24. The van der Waals surface area contributed by atoms with Crippen molar-refractivity contribution in [2.24, 2.45) is 11.6 Å². The molecule has 0 saturated carbocycles. The molecule has 0 atom stereocenters. The van der Waals surface area contributed by atoms with Gasteiger partial charge in [0.15, 0.2) is 6.61 Å². The lowest BCUT2D eigenvalue weighted by molar-refractivity contribution is -0.123. The predicted octanol–water partition coefficient (Wildman–Crippen LogP) is 1.03. The summed E-state index contributed by atoms with van der Waals surface area (Å²) in [6.07, 6.45) is 1.87.